The molecule has 2 aliphatic rings. The fourth-order valence-electron chi connectivity index (χ4n) is 2.46. The van der Waals surface area contributed by atoms with Crippen LogP contribution in [0.1, 0.15) is 27.2 Å². The van der Waals surface area contributed by atoms with Gasteiger partial charge < -0.3 is 19.5 Å². The van der Waals surface area contributed by atoms with Gasteiger partial charge in [0.05, 0.1) is 19.0 Å². The smallest absolute Gasteiger partial charge is 0.410 e. The van der Waals surface area contributed by atoms with Crippen LogP contribution < -0.4 is 0 Å². The van der Waals surface area contributed by atoms with Crippen LogP contribution in [0, 0.1) is 5.92 Å². The van der Waals surface area contributed by atoms with E-state index in [2.05, 4.69) is 0 Å². The molecule has 2 rings (SSSR count). The van der Waals surface area contributed by atoms with E-state index in [1.54, 1.807) is 20.8 Å². The van der Waals surface area contributed by atoms with E-state index in [0.717, 1.165) is 0 Å². The largest absolute Gasteiger partial charge is 0.481 e. The summed E-state index contributed by atoms with van der Waals surface area (Å²) in [5, 5.41) is 9.11. The molecule has 1 amide bonds. The fraction of sp³-hybridized carbons (Fsp3) is 0.833. The molecule has 1 spiro atoms. The standard InChI is InChI=1S/C12H19NO5/c1-11(2,3)18-10(16)13-6-12(7-13)8(9(14)15)4-5-17-12/h8H,4-7H2,1-3H3,(H,14,15). The van der Waals surface area contributed by atoms with Gasteiger partial charge in [-0.15, -0.1) is 0 Å². The van der Waals surface area contributed by atoms with E-state index in [0.29, 0.717) is 26.1 Å². The molecule has 6 heteroatoms. The van der Waals surface area contributed by atoms with E-state index < -0.39 is 29.2 Å². The van der Waals surface area contributed by atoms with Crippen molar-refractivity contribution in [3.05, 3.63) is 0 Å². The van der Waals surface area contributed by atoms with Crippen LogP contribution in [-0.4, -0.2) is 53.0 Å². The van der Waals surface area contributed by atoms with Gasteiger partial charge >= 0.3 is 12.1 Å². The number of likely N-dealkylation sites (tertiary alicyclic amines) is 1. The van der Waals surface area contributed by atoms with Crippen LogP contribution in [0.4, 0.5) is 4.79 Å². The summed E-state index contributed by atoms with van der Waals surface area (Å²) >= 11 is 0. The highest BCUT2D eigenvalue weighted by molar-refractivity contribution is 5.75. The van der Waals surface area contributed by atoms with Gasteiger partial charge in [0.2, 0.25) is 0 Å². The van der Waals surface area contributed by atoms with Gasteiger partial charge in [-0.25, -0.2) is 4.79 Å². The van der Waals surface area contributed by atoms with Crippen LogP contribution >= 0.6 is 0 Å². The zero-order valence-electron chi connectivity index (χ0n) is 10.9. The Kier molecular flexibility index (Phi) is 3.01. The molecule has 2 heterocycles. The normalized spacial score (nSPS) is 25.9. The predicted octanol–water partition coefficient (Wildman–Crippen LogP) is 1.10. The zero-order chi connectivity index (χ0) is 13.6. The number of nitrogens with zero attached hydrogens (tertiary/aromatic N) is 1. The van der Waals surface area contributed by atoms with Crippen LogP contribution in [0.15, 0.2) is 0 Å². The lowest BCUT2D eigenvalue weighted by Crippen LogP contribution is -2.67. The van der Waals surface area contributed by atoms with Crippen LogP contribution in [0.25, 0.3) is 0 Å². The minimum absolute atomic E-state index is 0.304. The summed E-state index contributed by atoms with van der Waals surface area (Å²) in [7, 11) is 0. The second kappa shape index (κ2) is 4.12. The van der Waals surface area contributed by atoms with Crippen molar-refractivity contribution in [2.24, 2.45) is 5.92 Å². The number of ether oxygens (including phenoxy) is 2. The number of rotatable bonds is 1. The molecule has 18 heavy (non-hydrogen) atoms. The van der Waals surface area contributed by atoms with E-state index in [-0.39, 0.29) is 0 Å². The van der Waals surface area contributed by atoms with Gasteiger partial charge in [-0.1, -0.05) is 0 Å². The maximum absolute atomic E-state index is 11.8. The minimum Gasteiger partial charge on any atom is -0.481 e. The van der Waals surface area contributed by atoms with Crippen molar-refractivity contribution in [1.29, 1.82) is 0 Å². The first-order chi connectivity index (χ1) is 8.23. The highest BCUT2D eigenvalue weighted by atomic mass is 16.6. The van der Waals surface area contributed by atoms with Gasteiger partial charge in [0.1, 0.15) is 11.2 Å². The van der Waals surface area contributed by atoms with Crippen molar-refractivity contribution in [1.82, 2.24) is 4.90 Å². The number of amides is 1. The Morgan fingerprint density at radius 3 is 2.50 bits per heavy atom. The number of carbonyl (C=O) groups is 2. The summed E-state index contributed by atoms with van der Waals surface area (Å²) in [5.74, 6) is -1.37. The maximum atomic E-state index is 11.8. The number of hydrogen-bond donors (Lipinski definition) is 1. The molecular formula is C12H19NO5. The molecule has 102 valence electrons. The molecule has 1 atom stereocenters. The topological polar surface area (TPSA) is 76.1 Å². The lowest BCUT2D eigenvalue weighted by molar-refractivity contribution is -0.163. The number of carbonyl (C=O) groups excluding carboxylic acids is 1. The van der Waals surface area contributed by atoms with Crippen LogP contribution in [0.2, 0.25) is 0 Å². The van der Waals surface area contributed by atoms with Crippen LogP contribution in [-0.2, 0) is 14.3 Å². The zero-order valence-corrected chi connectivity index (χ0v) is 10.9. The third-order valence-electron chi connectivity index (χ3n) is 3.30. The molecule has 0 bridgehead atoms. The summed E-state index contributed by atoms with van der Waals surface area (Å²) in [6.07, 6.45) is 0.102. The van der Waals surface area contributed by atoms with E-state index in [9.17, 15) is 9.59 Å². The molecule has 0 aromatic carbocycles. The third-order valence-corrected chi connectivity index (χ3v) is 3.30. The molecule has 2 fully saturated rings. The molecule has 6 nitrogen and oxygen atoms in total. The summed E-state index contributed by atoms with van der Waals surface area (Å²) in [5.41, 5.74) is -1.23. The van der Waals surface area contributed by atoms with E-state index in [4.69, 9.17) is 14.6 Å². The SMILES string of the molecule is CC(C)(C)OC(=O)N1CC2(C1)OCCC2C(=O)O. The quantitative estimate of drug-likeness (QED) is 0.761. The molecule has 1 unspecified atom stereocenters. The maximum Gasteiger partial charge on any atom is 0.410 e. The highest BCUT2D eigenvalue weighted by Gasteiger charge is 2.58. The lowest BCUT2D eigenvalue weighted by atomic mass is 9.81. The molecule has 0 saturated carbocycles. The Morgan fingerprint density at radius 1 is 1.39 bits per heavy atom. The van der Waals surface area contributed by atoms with Crippen molar-refractivity contribution >= 4 is 12.1 Å². The molecule has 2 aliphatic heterocycles. The van der Waals surface area contributed by atoms with E-state index in [1.807, 2.05) is 0 Å². The minimum atomic E-state index is -0.851. The molecule has 2 saturated heterocycles. The van der Waals surface area contributed by atoms with Gasteiger partial charge in [-0.05, 0) is 27.2 Å². The van der Waals surface area contributed by atoms with Crippen LogP contribution in [0.5, 0.6) is 0 Å². The Morgan fingerprint density at radius 2 is 2.00 bits per heavy atom. The van der Waals surface area contributed by atoms with Gasteiger partial charge in [0.25, 0.3) is 0 Å². The molecule has 1 N–H and O–H groups in total. The van der Waals surface area contributed by atoms with E-state index in [1.165, 1.54) is 4.90 Å². The molecule has 0 radical (unpaired) electrons. The number of aliphatic carboxylic acids is 1. The van der Waals surface area contributed by atoms with Gasteiger partial charge in [0.15, 0.2) is 0 Å². The number of hydrogen-bond acceptors (Lipinski definition) is 4. The Labute approximate surface area is 106 Å². The first-order valence-corrected chi connectivity index (χ1v) is 6.08. The van der Waals surface area contributed by atoms with Gasteiger partial charge in [-0.3, -0.25) is 4.79 Å². The Bertz CT molecular complexity index is 367. The van der Waals surface area contributed by atoms with Crippen molar-refractivity contribution < 1.29 is 24.2 Å². The van der Waals surface area contributed by atoms with Crippen molar-refractivity contribution in [2.75, 3.05) is 19.7 Å². The number of carboxylic acids is 1. The fourth-order valence-corrected chi connectivity index (χ4v) is 2.46. The molecule has 0 aliphatic carbocycles. The molecule has 0 aromatic rings. The van der Waals surface area contributed by atoms with Gasteiger partial charge in [-0.2, -0.15) is 0 Å². The van der Waals surface area contributed by atoms with Crippen molar-refractivity contribution in [2.45, 2.75) is 38.4 Å². The molecule has 0 aromatic heterocycles. The monoisotopic (exact) mass is 257 g/mol. The van der Waals surface area contributed by atoms with Gasteiger partial charge in [0, 0.05) is 6.61 Å². The van der Waals surface area contributed by atoms with E-state index >= 15 is 0 Å². The lowest BCUT2D eigenvalue weighted by Gasteiger charge is -2.48. The van der Waals surface area contributed by atoms with Crippen molar-refractivity contribution in [3.63, 3.8) is 0 Å². The third kappa shape index (κ3) is 2.29. The summed E-state index contributed by atoms with van der Waals surface area (Å²) in [4.78, 5) is 24.4. The first-order valence-electron chi connectivity index (χ1n) is 6.08. The second-order valence-electron chi connectivity index (χ2n) is 5.93. The average molecular weight is 257 g/mol. The molecular weight excluding hydrogens is 238 g/mol. The summed E-state index contributed by atoms with van der Waals surface area (Å²) in [6, 6.07) is 0. The summed E-state index contributed by atoms with van der Waals surface area (Å²) < 4.78 is 10.8. The predicted molar refractivity (Wildman–Crippen MR) is 62.2 cm³/mol. The summed E-state index contributed by atoms with van der Waals surface area (Å²) in [6.45, 7) is 6.45. The Hall–Kier alpha value is -1.30. The van der Waals surface area contributed by atoms with Crippen LogP contribution in [0.3, 0.4) is 0 Å². The number of carboxylic acid groups (broad SMARTS) is 1. The Balaban J connectivity index is 1.93. The average Bonchev–Trinajstić information content (AvgIpc) is 2.55. The first kappa shape index (κ1) is 13.1. The highest BCUT2D eigenvalue weighted by Crippen LogP contribution is 2.40. The van der Waals surface area contributed by atoms with Crippen molar-refractivity contribution in [3.8, 4) is 0 Å². The second-order valence-corrected chi connectivity index (χ2v) is 5.93.